The van der Waals surface area contributed by atoms with Crippen LogP contribution >= 0.6 is 0 Å². The highest BCUT2D eigenvalue weighted by Gasteiger charge is 2.33. The summed E-state index contributed by atoms with van der Waals surface area (Å²) < 4.78 is 50.4. The smallest absolute Gasteiger partial charge is 0.343 e. The van der Waals surface area contributed by atoms with Gasteiger partial charge in [-0.3, -0.25) is 4.79 Å². The third-order valence-electron chi connectivity index (χ3n) is 5.32. The van der Waals surface area contributed by atoms with Crippen molar-refractivity contribution in [2.75, 3.05) is 32.1 Å². The lowest BCUT2D eigenvalue weighted by Crippen LogP contribution is -2.41. The summed E-state index contributed by atoms with van der Waals surface area (Å²) in [6.07, 6.45) is 0.664. The number of piperidine rings is 1. The molecule has 32 heavy (non-hydrogen) atoms. The molecule has 2 aromatic rings. The van der Waals surface area contributed by atoms with Gasteiger partial charge < -0.3 is 14.8 Å². The lowest BCUT2D eigenvalue weighted by molar-refractivity contribution is -0.142. The molecule has 0 aromatic heterocycles. The zero-order valence-electron chi connectivity index (χ0n) is 17.8. The van der Waals surface area contributed by atoms with E-state index >= 15 is 0 Å². The lowest BCUT2D eigenvalue weighted by Gasteiger charge is -2.30. The van der Waals surface area contributed by atoms with E-state index in [1.165, 1.54) is 29.6 Å². The highest BCUT2D eigenvalue weighted by molar-refractivity contribution is 7.89. The van der Waals surface area contributed by atoms with Crippen LogP contribution in [0.2, 0.25) is 0 Å². The van der Waals surface area contributed by atoms with E-state index in [1.807, 2.05) is 0 Å². The number of benzene rings is 2. The second-order valence-corrected chi connectivity index (χ2v) is 9.35. The van der Waals surface area contributed by atoms with E-state index in [4.69, 9.17) is 4.74 Å². The summed E-state index contributed by atoms with van der Waals surface area (Å²) in [4.78, 5) is 23.5. The number of nitrogens with zero attached hydrogens (tertiary/aromatic N) is 1. The predicted octanol–water partition coefficient (Wildman–Crippen LogP) is 2.73. The van der Waals surface area contributed by atoms with Crippen molar-refractivity contribution in [3.8, 4) is 5.75 Å². The van der Waals surface area contributed by atoms with Crippen LogP contribution in [0.4, 0.5) is 10.1 Å². The van der Waals surface area contributed by atoms with Crippen LogP contribution in [0, 0.1) is 18.7 Å². The number of hydrogen-bond donors (Lipinski definition) is 1. The quantitative estimate of drug-likeness (QED) is 0.633. The molecule has 8 nitrogen and oxygen atoms in total. The number of carbonyl (C=O) groups is 2. The molecule has 0 unspecified atom stereocenters. The Hall–Kier alpha value is -2.98. The van der Waals surface area contributed by atoms with Crippen LogP contribution in [-0.4, -0.2) is 51.4 Å². The SMILES string of the molecule is COC(=O)COc1ccc(NC(=O)C2CCN(S(=O)(=O)c3ccccc3F)CC2)c(C)c1. The predicted molar refractivity (Wildman–Crippen MR) is 115 cm³/mol. The maximum Gasteiger partial charge on any atom is 0.343 e. The zero-order valence-corrected chi connectivity index (χ0v) is 18.7. The van der Waals surface area contributed by atoms with Gasteiger partial charge in [0, 0.05) is 24.7 Å². The molecule has 1 amide bonds. The largest absolute Gasteiger partial charge is 0.482 e. The number of aryl methyl sites for hydroxylation is 1. The van der Waals surface area contributed by atoms with Gasteiger partial charge in [-0.15, -0.1) is 0 Å². The fourth-order valence-corrected chi connectivity index (χ4v) is 4.99. The van der Waals surface area contributed by atoms with E-state index in [0.29, 0.717) is 24.3 Å². The molecular formula is C22H25FN2O6S. The Balaban J connectivity index is 1.58. The summed E-state index contributed by atoms with van der Waals surface area (Å²) in [6, 6.07) is 10.3. The molecule has 0 aliphatic carbocycles. The van der Waals surface area contributed by atoms with Crippen LogP contribution in [0.1, 0.15) is 18.4 Å². The zero-order chi connectivity index (χ0) is 23.3. The molecule has 0 spiro atoms. The van der Waals surface area contributed by atoms with Gasteiger partial charge in [-0.2, -0.15) is 4.31 Å². The molecular weight excluding hydrogens is 439 g/mol. The minimum absolute atomic E-state index is 0.133. The molecule has 2 aromatic carbocycles. The average Bonchev–Trinajstić information content (AvgIpc) is 2.79. The van der Waals surface area contributed by atoms with Crippen molar-refractivity contribution in [1.82, 2.24) is 4.31 Å². The fourth-order valence-electron chi connectivity index (χ4n) is 3.45. The van der Waals surface area contributed by atoms with E-state index < -0.39 is 21.8 Å². The summed E-state index contributed by atoms with van der Waals surface area (Å²) in [5, 5.41) is 2.86. The molecule has 0 bridgehead atoms. The molecule has 1 aliphatic heterocycles. The highest BCUT2D eigenvalue weighted by Crippen LogP contribution is 2.27. The first-order valence-electron chi connectivity index (χ1n) is 10.1. The Morgan fingerprint density at radius 2 is 1.84 bits per heavy atom. The van der Waals surface area contributed by atoms with Crippen LogP contribution in [-0.2, 0) is 24.3 Å². The first-order valence-corrected chi connectivity index (χ1v) is 11.5. The molecule has 1 aliphatic rings. The second-order valence-electron chi connectivity index (χ2n) is 7.44. The van der Waals surface area contributed by atoms with Crippen LogP contribution in [0.5, 0.6) is 5.75 Å². The van der Waals surface area contributed by atoms with E-state index in [1.54, 1.807) is 25.1 Å². The normalized spacial score (nSPS) is 15.2. The van der Waals surface area contributed by atoms with Gasteiger partial charge in [0.2, 0.25) is 15.9 Å². The Morgan fingerprint density at radius 1 is 1.16 bits per heavy atom. The summed E-state index contributed by atoms with van der Waals surface area (Å²) in [5.74, 6) is -1.39. The van der Waals surface area contributed by atoms with Crippen LogP contribution in [0.3, 0.4) is 0 Å². The van der Waals surface area contributed by atoms with Gasteiger partial charge in [0.15, 0.2) is 6.61 Å². The molecule has 1 fully saturated rings. The Labute approximate surface area is 186 Å². The number of anilines is 1. The van der Waals surface area contributed by atoms with Crippen LogP contribution in [0.15, 0.2) is 47.4 Å². The summed E-state index contributed by atoms with van der Waals surface area (Å²) in [5.41, 5.74) is 1.35. The molecule has 3 rings (SSSR count). The van der Waals surface area contributed by atoms with Gasteiger partial charge in [0.05, 0.1) is 7.11 Å². The number of esters is 1. The topological polar surface area (TPSA) is 102 Å². The molecule has 10 heteroatoms. The number of carbonyl (C=O) groups excluding carboxylic acids is 2. The van der Waals surface area contributed by atoms with Crippen molar-refractivity contribution in [2.24, 2.45) is 5.92 Å². The van der Waals surface area contributed by atoms with Crippen molar-refractivity contribution < 1.29 is 31.9 Å². The number of halogens is 1. The van der Waals surface area contributed by atoms with Gasteiger partial charge in [-0.25, -0.2) is 17.6 Å². The van der Waals surface area contributed by atoms with Crippen LogP contribution < -0.4 is 10.1 Å². The molecule has 1 heterocycles. The van der Waals surface area contributed by atoms with Gasteiger partial charge in [0.1, 0.15) is 16.5 Å². The minimum Gasteiger partial charge on any atom is -0.482 e. The van der Waals surface area contributed by atoms with Gasteiger partial charge in [-0.05, 0) is 55.7 Å². The Morgan fingerprint density at radius 3 is 2.47 bits per heavy atom. The third kappa shape index (κ3) is 5.43. The van der Waals surface area contributed by atoms with Crippen molar-refractivity contribution in [3.05, 3.63) is 53.8 Å². The number of nitrogens with one attached hydrogen (secondary N) is 1. The number of rotatable bonds is 7. The highest BCUT2D eigenvalue weighted by atomic mass is 32.2. The standard InChI is InChI=1S/C22H25FN2O6S/c1-15-13-17(31-14-21(26)30-2)7-8-19(15)24-22(27)16-9-11-25(12-10-16)32(28,29)20-6-4-3-5-18(20)23/h3-8,13,16H,9-12,14H2,1-2H3,(H,24,27). The molecule has 0 saturated carbocycles. The van der Waals surface area contributed by atoms with E-state index in [2.05, 4.69) is 10.1 Å². The summed E-state index contributed by atoms with van der Waals surface area (Å²) >= 11 is 0. The maximum atomic E-state index is 14.0. The maximum absolute atomic E-state index is 14.0. The van der Waals surface area contributed by atoms with Gasteiger partial charge in [-0.1, -0.05) is 12.1 Å². The molecule has 172 valence electrons. The number of hydrogen-bond acceptors (Lipinski definition) is 6. The number of methoxy groups -OCH3 is 1. The Kier molecular flexibility index (Phi) is 7.47. The number of ether oxygens (including phenoxy) is 2. The average molecular weight is 465 g/mol. The van der Waals surface area contributed by atoms with Crippen LogP contribution in [0.25, 0.3) is 0 Å². The first kappa shape index (κ1) is 23.7. The number of amides is 1. The fraction of sp³-hybridized carbons (Fsp3) is 0.364. The molecule has 1 saturated heterocycles. The van der Waals surface area contributed by atoms with Gasteiger partial charge in [0.25, 0.3) is 0 Å². The van der Waals surface area contributed by atoms with E-state index in [0.717, 1.165) is 11.6 Å². The van der Waals surface area contributed by atoms with E-state index in [-0.39, 0.29) is 36.4 Å². The summed E-state index contributed by atoms with van der Waals surface area (Å²) in [6.45, 7) is 1.85. The monoisotopic (exact) mass is 464 g/mol. The third-order valence-corrected chi connectivity index (χ3v) is 7.25. The van der Waals surface area contributed by atoms with Crippen molar-refractivity contribution >= 4 is 27.6 Å². The molecule has 0 radical (unpaired) electrons. The Bertz CT molecular complexity index is 1100. The molecule has 0 atom stereocenters. The van der Waals surface area contributed by atoms with Crippen molar-refractivity contribution in [3.63, 3.8) is 0 Å². The first-order chi connectivity index (χ1) is 15.2. The van der Waals surface area contributed by atoms with Crippen molar-refractivity contribution in [1.29, 1.82) is 0 Å². The van der Waals surface area contributed by atoms with Crippen molar-refractivity contribution in [2.45, 2.75) is 24.7 Å². The number of sulfonamides is 1. The van der Waals surface area contributed by atoms with Gasteiger partial charge >= 0.3 is 5.97 Å². The van der Waals surface area contributed by atoms with E-state index in [9.17, 15) is 22.4 Å². The molecule has 1 N–H and O–H groups in total. The minimum atomic E-state index is -3.95. The summed E-state index contributed by atoms with van der Waals surface area (Å²) in [7, 11) is -2.67. The second kappa shape index (κ2) is 10.1. The lowest BCUT2D eigenvalue weighted by atomic mass is 9.97.